The van der Waals surface area contributed by atoms with Gasteiger partial charge >= 0.3 is 0 Å². The van der Waals surface area contributed by atoms with Crippen LogP contribution in [0.25, 0.3) is 21.5 Å². The van der Waals surface area contributed by atoms with Gasteiger partial charge in [0, 0.05) is 12.2 Å². The first-order valence-corrected chi connectivity index (χ1v) is 12.0. The fraction of sp³-hybridized carbons (Fsp3) is 0.174. The van der Waals surface area contributed by atoms with Crippen molar-refractivity contribution in [2.45, 2.75) is 18.4 Å². The van der Waals surface area contributed by atoms with Crippen molar-refractivity contribution in [1.29, 1.82) is 10.5 Å². The Kier molecular flexibility index (Phi) is 6.97. The van der Waals surface area contributed by atoms with Crippen LogP contribution in [0.5, 0.6) is 5.75 Å². The largest absolute Gasteiger partial charge is 0.494 e. The highest BCUT2D eigenvalue weighted by molar-refractivity contribution is 7.99. The summed E-state index contributed by atoms with van der Waals surface area (Å²) in [4.78, 5) is 21.1. The van der Waals surface area contributed by atoms with Gasteiger partial charge in [-0.05, 0) is 37.3 Å². The molecule has 9 nitrogen and oxygen atoms in total. The number of fused-ring (bicyclic) bond motifs is 1. The second-order valence-electron chi connectivity index (χ2n) is 6.86. The number of hydrogen-bond donors (Lipinski definition) is 2. The van der Waals surface area contributed by atoms with Gasteiger partial charge in [0.15, 0.2) is 5.13 Å². The molecule has 0 saturated carbocycles. The van der Waals surface area contributed by atoms with E-state index >= 15 is 0 Å². The Morgan fingerprint density at radius 2 is 2.09 bits per heavy atom. The Labute approximate surface area is 203 Å². The number of benzene rings is 1. The van der Waals surface area contributed by atoms with Crippen molar-refractivity contribution in [3.05, 3.63) is 47.7 Å². The van der Waals surface area contributed by atoms with E-state index in [1.807, 2.05) is 31.2 Å². The zero-order valence-electron chi connectivity index (χ0n) is 18.0. The van der Waals surface area contributed by atoms with Crippen molar-refractivity contribution >= 4 is 50.2 Å². The predicted octanol–water partition coefficient (Wildman–Crippen LogP) is 4.80. The number of aromatic nitrogens is 2. The summed E-state index contributed by atoms with van der Waals surface area (Å²) in [7, 11) is 0. The number of nitrogens with zero attached hydrogens (tertiary/aromatic N) is 4. The quantitative estimate of drug-likeness (QED) is 0.332. The minimum Gasteiger partial charge on any atom is -0.494 e. The molecule has 34 heavy (non-hydrogen) atoms. The third kappa shape index (κ3) is 4.81. The lowest BCUT2D eigenvalue weighted by Gasteiger charge is -2.11. The fourth-order valence-corrected chi connectivity index (χ4v) is 5.05. The van der Waals surface area contributed by atoms with E-state index in [9.17, 15) is 15.3 Å². The predicted molar refractivity (Wildman–Crippen MR) is 131 cm³/mol. The summed E-state index contributed by atoms with van der Waals surface area (Å²) in [6.45, 7) is 2.49. The first-order valence-electron chi connectivity index (χ1n) is 10.2. The molecule has 0 aliphatic heterocycles. The van der Waals surface area contributed by atoms with E-state index in [0.29, 0.717) is 33.8 Å². The molecule has 0 radical (unpaired) electrons. The highest BCUT2D eigenvalue weighted by Crippen LogP contribution is 2.36. The van der Waals surface area contributed by atoms with Gasteiger partial charge in [-0.2, -0.15) is 10.5 Å². The van der Waals surface area contributed by atoms with Gasteiger partial charge in [-0.3, -0.25) is 4.79 Å². The van der Waals surface area contributed by atoms with E-state index in [0.717, 1.165) is 16.0 Å². The van der Waals surface area contributed by atoms with Crippen molar-refractivity contribution in [1.82, 2.24) is 9.97 Å². The van der Waals surface area contributed by atoms with Gasteiger partial charge in [0.05, 0.1) is 34.2 Å². The molecule has 3 aromatic heterocycles. The molecule has 1 aromatic carbocycles. The van der Waals surface area contributed by atoms with E-state index in [-0.39, 0.29) is 29.3 Å². The average Bonchev–Trinajstić information content (AvgIpc) is 3.48. The van der Waals surface area contributed by atoms with Crippen LogP contribution in [0, 0.1) is 22.7 Å². The number of rotatable bonds is 8. The molecule has 3 N–H and O–H groups in total. The number of furan rings is 1. The molecule has 4 rings (SSSR count). The molecule has 11 heteroatoms. The summed E-state index contributed by atoms with van der Waals surface area (Å²) in [5.41, 5.74) is 7.31. The van der Waals surface area contributed by atoms with Gasteiger partial charge in [-0.1, -0.05) is 11.3 Å². The summed E-state index contributed by atoms with van der Waals surface area (Å²) in [5.74, 6) is 1.23. The zero-order valence-corrected chi connectivity index (χ0v) is 19.6. The highest BCUT2D eigenvalue weighted by atomic mass is 32.2. The molecule has 0 spiro atoms. The molecule has 1 amide bonds. The second-order valence-corrected chi connectivity index (χ2v) is 8.97. The number of hydrogen-bond acceptors (Lipinski definition) is 10. The van der Waals surface area contributed by atoms with Crippen molar-refractivity contribution < 1.29 is 13.9 Å². The molecule has 0 atom stereocenters. The van der Waals surface area contributed by atoms with Gasteiger partial charge in [0.2, 0.25) is 5.91 Å². The van der Waals surface area contributed by atoms with Crippen LogP contribution < -0.4 is 15.8 Å². The number of nitrogens with two attached hydrogens (primary N) is 1. The lowest BCUT2D eigenvalue weighted by molar-refractivity contribution is -0.115. The lowest BCUT2D eigenvalue weighted by Crippen LogP contribution is -2.12. The van der Waals surface area contributed by atoms with Crippen LogP contribution in [-0.2, 0) is 4.79 Å². The molecule has 0 unspecified atom stereocenters. The molecule has 0 saturated heterocycles. The number of pyridine rings is 1. The smallest absolute Gasteiger partial charge is 0.226 e. The number of ether oxygens (including phenoxy) is 1. The van der Waals surface area contributed by atoms with Gasteiger partial charge in [-0.15, -0.1) is 11.8 Å². The fourth-order valence-electron chi connectivity index (χ4n) is 3.21. The summed E-state index contributed by atoms with van der Waals surface area (Å²) in [5, 5.41) is 22.9. The van der Waals surface area contributed by atoms with Crippen LogP contribution in [-0.4, -0.2) is 28.2 Å². The minimum atomic E-state index is -0.219. The monoisotopic (exact) mass is 490 g/mol. The zero-order chi connectivity index (χ0) is 24.1. The Balaban J connectivity index is 1.45. The number of anilines is 2. The Morgan fingerprint density at radius 1 is 1.26 bits per heavy atom. The highest BCUT2D eigenvalue weighted by Gasteiger charge is 2.22. The first kappa shape index (κ1) is 23.1. The van der Waals surface area contributed by atoms with E-state index in [1.165, 1.54) is 29.4 Å². The van der Waals surface area contributed by atoms with Gasteiger partial charge in [0.25, 0.3) is 0 Å². The van der Waals surface area contributed by atoms with E-state index in [2.05, 4.69) is 21.4 Å². The Bertz CT molecular complexity index is 1430. The number of nitrogens with one attached hydrogen (secondary N) is 1. The molecule has 3 heterocycles. The SMILES string of the molecule is CCOc1ccc2nc(NC(=O)CCSc3nc(N)c(C#N)c(-c4ccco4)c3C#N)sc2c1. The van der Waals surface area contributed by atoms with Crippen LogP contribution in [0.15, 0.2) is 46.0 Å². The van der Waals surface area contributed by atoms with Crippen LogP contribution in [0.2, 0.25) is 0 Å². The molecule has 4 aromatic rings. The van der Waals surface area contributed by atoms with Crippen molar-refractivity contribution in [2.75, 3.05) is 23.4 Å². The van der Waals surface area contributed by atoms with Gasteiger partial charge in [0.1, 0.15) is 40.1 Å². The van der Waals surface area contributed by atoms with Crippen molar-refractivity contribution in [2.24, 2.45) is 0 Å². The first-order chi connectivity index (χ1) is 16.5. The van der Waals surface area contributed by atoms with E-state index in [1.54, 1.807) is 12.1 Å². The van der Waals surface area contributed by atoms with Crippen LogP contribution in [0.1, 0.15) is 24.5 Å². The van der Waals surface area contributed by atoms with Gasteiger partial charge < -0.3 is 20.2 Å². The number of nitrogen functional groups attached to an aromatic ring is 1. The molecule has 0 aliphatic carbocycles. The van der Waals surface area contributed by atoms with Crippen LogP contribution >= 0.6 is 23.1 Å². The van der Waals surface area contributed by atoms with Crippen molar-refractivity contribution in [3.63, 3.8) is 0 Å². The molecule has 0 aliphatic rings. The standard InChI is InChI=1S/C23H18N6O3S2/c1-2-31-13-5-6-16-18(10-13)34-23(27-16)28-19(30)7-9-33-22-15(12-25)20(17-4-3-8-32-17)14(11-24)21(26)29-22/h3-6,8,10H,2,7,9H2,1H3,(H2,26,29)(H,27,28,30). The Morgan fingerprint density at radius 3 is 2.79 bits per heavy atom. The van der Waals surface area contributed by atoms with E-state index in [4.69, 9.17) is 14.9 Å². The maximum atomic E-state index is 12.5. The van der Waals surface area contributed by atoms with Gasteiger partial charge in [-0.25, -0.2) is 9.97 Å². The normalized spacial score (nSPS) is 10.6. The third-order valence-corrected chi connectivity index (χ3v) is 6.58. The number of carbonyl (C=O) groups is 1. The molecule has 170 valence electrons. The van der Waals surface area contributed by atoms with Crippen LogP contribution in [0.3, 0.4) is 0 Å². The summed E-state index contributed by atoms with van der Waals surface area (Å²) in [6, 6.07) is 13.0. The second kappa shape index (κ2) is 10.3. The van der Waals surface area contributed by atoms with Crippen molar-refractivity contribution in [3.8, 4) is 29.2 Å². The third-order valence-electron chi connectivity index (χ3n) is 4.67. The lowest BCUT2D eigenvalue weighted by atomic mass is 10.0. The maximum absolute atomic E-state index is 12.5. The summed E-state index contributed by atoms with van der Waals surface area (Å²) in [6.07, 6.45) is 1.61. The average molecular weight is 491 g/mol. The minimum absolute atomic E-state index is 0.000694. The maximum Gasteiger partial charge on any atom is 0.226 e. The van der Waals surface area contributed by atoms with E-state index < -0.39 is 0 Å². The van der Waals surface area contributed by atoms with Crippen LogP contribution in [0.4, 0.5) is 10.9 Å². The Hall–Kier alpha value is -4.06. The number of carbonyl (C=O) groups excluding carboxylic acids is 1. The number of thioether (sulfide) groups is 1. The molecular weight excluding hydrogens is 472 g/mol. The summed E-state index contributed by atoms with van der Waals surface area (Å²) >= 11 is 2.57. The summed E-state index contributed by atoms with van der Waals surface area (Å²) < 4.78 is 11.8. The number of thiazole rings is 1. The number of nitriles is 2. The molecular formula is C23H18N6O3S2. The number of amides is 1. The molecule has 0 fully saturated rings. The molecule has 0 bridgehead atoms. The topological polar surface area (TPSA) is 151 Å².